The molecule has 0 saturated carbocycles. The van der Waals surface area contributed by atoms with Crippen LogP contribution < -0.4 is 0 Å². The first kappa shape index (κ1) is 28.2. The maximum Gasteiger partial charge on any atom is 0.143 e. The van der Waals surface area contributed by atoms with E-state index in [9.17, 15) is 5.11 Å². The molecule has 6 heteroatoms. The minimum absolute atomic E-state index is 0. The van der Waals surface area contributed by atoms with E-state index in [0.29, 0.717) is 11.3 Å². The largest absolute Gasteiger partial charge is 0.506 e. The van der Waals surface area contributed by atoms with Gasteiger partial charge in [0, 0.05) is 26.6 Å². The van der Waals surface area contributed by atoms with Crippen LogP contribution in [0.3, 0.4) is 0 Å². The van der Waals surface area contributed by atoms with Crippen LogP contribution in [0.4, 0.5) is 0 Å². The van der Waals surface area contributed by atoms with Gasteiger partial charge in [-0.25, -0.2) is 4.98 Å². The van der Waals surface area contributed by atoms with Gasteiger partial charge in [-0.15, -0.1) is 35.4 Å². The number of phenolic OH excluding ortho intramolecular Hbond substituents is 1. The molecular formula is C38H23ClN3OPt-. The van der Waals surface area contributed by atoms with Crippen LogP contribution in [-0.2, 0) is 26.5 Å². The van der Waals surface area contributed by atoms with Crippen molar-refractivity contribution >= 4 is 22.5 Å². The normalized spacial score (nSPS) is 12.8. The summed E-state index contributed by atoms with van der Waals surface area (Å²) in [7, 11) is 0. The van der Waals surface area contributed by atoms with E-state index in [-0.39, 0.29) is 31.8 Å². The summed E-state index contributed by atoms with van der Waals surface area (Å²) in [6.45, 7) is 0. The van der Waals surface area contributed by atoms with E-state index in [1.54, 1.807) is 12.4 Å². The Balaban J connectivity index is 0.00000312. The fraction of sp³-hybridized carbons (Fsp3) is 0.0263. The van der Waals surface area contributed by atoms with Crippen LogP contribution in [0, 0.1) is 6.07 Å². The topological polar surface area (TPSA) is 58.9 Å². The molecule has 1 aliphatic rings. The minimum atomic E-state index is -0.782. The number of aromatic hydroxyl groups is 1. The van der Waals surface area contributed by atoms with Crippen LogP contribution in [0.25, 0.3) is 44.5 Å². The standard InChI is InChI=1S/C38H23ClN3O.Pt/c39-32-18-8-15-29(37(32)43)34-20-9-21-35(42-34)38(30-16-4-1-12-26(30)27-13-2-5-17-31(27)38)25-11-7-10-24(22-25)36-28-14-3-6-19-33(28)40-23-41-36;/h1-21,23,43H;/q-1;. The van der Waals surface area contributed by atoms with Gasteiger partial charge in [0.1, 0.15) is 12.1 Å². The first-order chi connectivity index (χ1) is 21.2. The van der Waals surface area contributed by atoms with E-state index in [1.807, 2.05) is 54.6 Å². The van der Waals surface area contributed by atoms with Gasteiger partial charge in [-0.05, 0) is 63.7 Å². The van der Waals surface area contributed by atoms with E-state index in [1.165, 1.54) is 0 Å². The summed E-state index contributed by atoms with van der Waals surface area (Å²) in [4.78, 5) is 14.4. The molecule has 0 spiro atoms. The average molecular weight is 768 g/mol. The fourth-order valence-electron chi connectivity index (χ4n) is 6.50. The van der Waals surface area contributed by atoms with Crippen molar-refractivity contribution < 1.29 is 26.2 Å². The van der Waals surface area contributed by atoms with E-state index >= 15 is 0 Å². The van der Waals surface area contributed by atoms with Crippen LogP contribution >= 0.6 is 11.6 Å². The quantitative estimate of drug-likeness (QED) is 0.182. The smallest absolute Gasteiger partial charge is 0.143 e. The number of nitrogens with zero attached hydrogens (tertiary/aromatic N) is 3. The molecule has 0 amide bonds. The molecular weight excluding hydrogens is 745 g/mol. The summed E-state index contributed by atoms with van der Waals surface area (Å²) in [6.07, 6.45) is 1.61. The molecule has 0 saturated heterocycles. The van der Waals surface area contributed by atoms with Crippen LogP contribution in [-0.4, -0.2) is 20.1 Å². The number of rotatable bonds is 4. The third kappa shape index (κ3) is 4.21. The monoisotopic (exact) mass is 767 g/mol. The van der Waals surface area contributed by atoms with Gasteiger partial charge in [0.15, 0.2) is 0 Å². The first-order valence-corrected chi connectivity index (χ1v) is 14.4. The second kappa shape index (κ2) is 11.1. The zero-order valence-electron chi connectivity index (χ0n) is 23.2. The molecule has 4 nitrogen and oxygen atoms in total. The Morgan fingerprint density at radius 3 is 2.09 bits per heavy atom. The third-order valence-electron chi connectivity index (χ3n) is 8.35. The van der Waals surface area contributed by atoms with Gasteiger partial charge in [0.2, 0.25) is 0 Å². The number of benzene rings is 5. The SMILES string of the molecule is Oc1c(Cl)cccc1-c1cccc(C2(c3[c-]c(-c4ncnc5ccccc45)ccc3)c3ccccc3-c3ccccc32)n1.[Pt]. The molecule has 8 rings (SSSR count). The minimum Gasteiger partial charge on any atom is -0.506 e. The molecule has 1 N–H and O–H groups in total. The van der Waals surface area contributed by atoms with Gasteiger partial charge < -0.3 is 5.11 Å². The number of hydrogen-bond acceptors (Lipinski definition) is 4. The molecule has 0 radical (unpaired) electrons. The van der Waals surface area contributed by atoms with Gasteiger partial charge in [0.25, 0.3) is 0 Å². The summed E-state index contributed by atoms with van der Waals surface area (Å²) in [5.74, 6) is 0.0132. The van der Waals surface area contributed by atoms with E-state index in [4.69, 9.17) is 21.6 Å². The second-order valence-corrected chi connectivity index (χ2v) is 11.0. The Morgan fingerprint density at radius 1 is 0.636 bits per heavy atom. The zero-order valence-corrected chi connectivity index (χ0v) is 26.2. The van der Waals surface area contributed by atoms with Crippen molar-refractivity contribution in [2.75, 3.05) is 0 Å². The summed E-state index contributed by atoms with van der Waals surface area (Å²) < 4.78 is 0. The second-order valence-electron chi connectivity index (χ2n) is 10.6. The molecule has 1 aliphatic carbocycles. The number of hydrogen-bond donors (Lipinski definition) is 1. The van der Waals surface area contributed by atoms with Crippen LogP contribution in [0.15, 0.2) is 134 Å². The summed E-state index contributed by atoms with van der Waals surface area (Å²) in [6, 6.07) is 46.4. The van der Waals surface area contributed by atoms with Gasteiger partial charge in [-0.2, -0.15) is 0 Å². The number of phenols is 1. The molecule has 5 aromatic carbocycles. The summed E-state index contributed by atoms with van der Waals surface area (Å²) in [5.41, 5.74) is 9.34. The van der Waals surface area contributed by atoms with E-state index in [0.717, 1.165) is 55.7 Å². The molecule has 0 bridgehead atoms. The molecule has 2 heterocycles. The van der Waals surface area contributed by atoms with Gasteiger partial charge in [-0.1, -0.05) is 90.5 Å². The Hall–Kier alpha value is -4.63. The number of para-hydroxylation sites is 2. The number of halogens is 1. The average Bonchev–Trinajstić information content (AvgIpc) is 3.37. The molecule has 0 aliphatic heterocycles. The Labute approximate surface area is 274 Å². The predicted octanol–water partition coefficient (Wildman–Crippen LogP) is 8.88. The number of pyridine rings is 1. The van der Waals surface area contributed by atoms with Gasteiger partial charge in [0.05, 0.1) is 27.3 Å². The molecule has 7 aromatic rings. The van der Waals surface area contributed by atoms with Crippen molar-refractivity contribution in [3.05, 3.63) is 167 Å². The van der Waals surface area contributed by atoms with Crippen LogP contribution in [0.2, 0.25) is 5.02 Å². The number of fused-ring (bicyclic) bond motifs is 4. The van der Waals surface area contributed by atoms with Crippen molar-refractivity contribution in [3.63, 3.8) is 0 Å². The molecule has 214 valence electrons. The Morgan fingerprint density at radius 2 is 1.30 bits per heavy atom. The maximum absolute atomic E-state index is 10.9. The summed E-state index contributed by atoms with van der Waals surface area (Å²) >= 11 is 6.31. The van der Waals surface area contributed by atoms with Crippen molar-refractivity contribution in [2.24, 2.45) is 0 Å². The molecule has 44 heavy (non-hydrogen) atoms. The third-order valence-corrected chi connectivity index (χ3v) is 8.65. The Bertz CT molecular complexity index is 2150. The van der Waals surface area contributed by atoms with Crippen molar-refractivity contribution in [1.29, 1.82) is 0 Å². The molecule has 0 unspecified atom stereocenters. The van der Waals surface area contributed by atoms with Gasteiger partial charge in [-0.3, -0.25) is 9.97 Å². The van der Waals surface area contributed by atoms with Crippen molar-refractivity contribution in [3.8, 4) is 39.4 Å². The predicted molar refractivity (Wildman–Crippen MR) is 171 cm³/mol. The Kier molecular flexibility index (Phi) is 7.13. The van der Waals surface area contributed by atoms with Crippen LogP contribution in [0.5, 0.6) is 5.75 Å². The molecule has 0 atom stereocenters. The maximum atomic E-state index is 10.9. The van der Waals surface area contributed by atoms with Gasteiger partial charge >= 0.3 is 0 Å². The fourth-order valence-corrected chi connectivity index (χ4v) is 6.67. The number of aromatic nitrogens is 3. The molecule has 2 aromatic heterocycles. The molecule has 0 fully saturated rings. The summed E-state index contributed by atoms with van der Waals surface area (Å²) in [5, 5.41) is 12.1. The van der Waals surface area contributed by atoms with Crippen molar-refractivity contribution in [1.82, 2.24) is 15.0 Å². The zero-order chi connectivity index (χ0) is 29.0. The van der Waals surface area contributed by atoms with E-state index in [2.05, 4.69) is 77.8 Å². The van der Waals surface area contributed by atoms with E-state index < -0.39 is 5.41 Å². The first-order valence-electron chi connectivity index (χ1n) is 14.0. The van der Waals surface area contributed by atoms with Crippen LogP contribution in [0.1, 0.15) is 22.4 Å². The van der Waals surface area contributed by atoms with Crippen molar-refractivity contribution in [2.45, 2.75) is 5.41 Å².